The van der Waals surface area contributed by atoms with Crippen molar-refractivity contribution in [1.29, 1.82) is 0 Å². The third kappa shape index (κ3) is 2.83. The fourth-order valence-corrected chi connectivity index (χ4v) is 2.60. The first kappa shape index (κ1) is 13.8. The summed E-state index contributed by atoms with van der Waals surface area (Å²) >= 11 is 6.10. The number of aryl methyl sites for hydroxylation is 1. The summed E-state index contributed by atoms with van der Waals surface area (Å²) in [5.41, 5.74) is 2.11. The predicted octanol–water partition coefficient (Wildman–Crippen LogP) is 4.51. The topological polar surface area (TPSA) is 37.8 Å². The molecule has 3 nitrogen and oxygen atoms in total. The van der Waals surface area contributed by atoms with Crippen molar-refractivity contribution in [2.75, 3.05) is 5.32 Å². The molecule has 0 aliphatic carbocycles. The Kier molecular flexibility index (Phi) is 3.76. The molecule has 0 aliphatic heterocycles. The molecule has 21 heavy (non-hydrogen) atoms. The number of rotatable bonds is 3. The minimum atomic E-state index is 0.503. The van der Waals surface area contributed by atoms with Crippen LogP contribution in [-0.4, -0.2) is 9.97 Å². The molecule has 2 aromatic carbocycles. The van der Waals surface area contributed by atoms with Crippen LogP contribution in [0, 0.1) is 13.8 Å². The highest BCUT2D eigenvalue weighted by Gasteiger charge is 2.07. The molecule has 1 heterocycles. The quantitative estimate of drug-likeness (QED) is 0.723. The molecule has 0 saturated heterocycles. The Bertz CT molecular complexity index is 794. The number of hydrogen-bond donors (Lipinski definition) is 1. The van der Waals surface area contributed by atoms with E-state index in [-0.39, 0.29) is 0 Å². The van der Waals surface area contributed by atoms with Gasteiger partial charge < -0.3 is 5.32 Å². The van der Waals surface area contributed by atoms with Crippen LogP contribution < -0.4 is 5.32 Å². The van der Waals surface area contributed by atoms with Crippen molar-refractivity contribution in [3.63, 3.8) is 0 Å². The molecule has 1 N–H and O–H groups in total. The van der Waals surface area contributed by atoms with E-state index < -0.39 is 0 Å². The smallest absolute Gasteiger partial charge is 0.137 e. The number of nitrogens with one attached hydrogen (secondary N) is 1. The summed E-state index contributed by atoms with van der Waals surface area (Å²) in [5.74, 6) is 1.46. The van der Waals surface area contributed by atoms with Gasteiger partial charge in [0.2, 0.25) is 0 Å². The van der Waals surface area contributed by atoms with E-state index in [1.165, 1.54) is 16.3 Å². The second-order valence-corrected chi connectivity index (χ2v) is 5.39. The van der Waals surface area contributed by atoms with Crippen LogP contribution in [0.15, 0.2) is 42.5 Å². The average Bonchev–Trinajstić information content (AvgIpc) is 2.49. The summed E-state index contributed by atoms with van der Waals surface area (Å²) in [5, 5.41) is 6.36. The number of aromatic nitrogens is 2. The van der Waals surface area contributed by atoms with Gasteiger partial charge in [0.05, 0.1) is 0 Å². The molecule has 0 amide bonds. The van der Waals surface area contributed by atoms with Gasteiger partial charge in [-0.2, -0.15) is 0 Å². The molecule has 0 fully saturated rings. The van der Waals surface area contributed by atoms with E-state index in [2.05, 4.69) is 57.7 Å². The second kappa shape index (κ2) is 5.70. The van der Waals surface area contributed by atoms with Gasteiger partial charge in [0.25, 0.3) is 0 Å². The van der Waals surface area contributed by atoms with E-state index in [9.17, 15) is 0 Å². The first-order valence-electron chi connectivity index (χ1n) is 6.86. The minimum Gasteiger partial charge on any atom is -0.366 e. The van der Waals surface area contributed by atoms with E-state index in [0.29, 0.717) is 17.5 Å². The first-order chi connectivity index (χ1) is 10.1. The molecule has 0 spiro atoms. The first-order valence-corrected chi connectivity index (χ1v) is 7.24. The summed E-state index contributed by atoms with van der Waals surface area (Å²) in [6, 6.07) is 14.7. The van der Waals surface area contributed by atoms with Crippen molar-refractivity contribution in [3.8, 4) is 0 Å². The van der Waals surface area contributed by atoms with Gasteiger partial charge in [0.1, 0.15) is 16.8 Å². The molecule has 1 aromatic heterocycles. The molecular formula is C17H16ClN3. The zero-order valence-corrected chi connectivity index (χ0v) is 12.8. The molecule has 0 saturated carbocycles. The van der Waals surface area contributed by atoms with Crippen molar-refractivity contribution in [2.45, 2.75) is 20.4 Å². The zero-order valence-electron chi connectivity index (χ0n) is 12.0. The summed E-state index contributed by atoms with van der Waals surface area (Å²) < 4.78 is 0. The summed E-state index contributed by atoms with van der Waals surface area (Å²) in [4.78, 5) is 8.58. The summed E-state index contributed by atoms with van der Waals surface area (Å²) in [6.45, 7) is 4.47. The van der Waals surface area contributed by atoms with Crippen LogP contribution in [0.3, 0.4) is 0 Å². The number of halogens is 1. The summed E-state index contributed by atoms with van der Waals surface area (Å²) in [6.07, 6.45) is 0. The maximum absolute atomic E-state index is 6.10. The van der Waals surface area contributed by atoms with Gasteiger partial charge in [0, 0.05) is 12.1 Å². The Morgan fingerprint density at radius 2 is 1.76 bits per heavy atom. The Labute approximate surface area is 129 Å². The fraction of sp³-hybridized carbons (Fsp3) is 0.176. The lowest BCUT2D eigenvalue weighted by atomic mass is 10.0. The molecule has 0 radical (unpaired) electrons. The zero-order chi connectivity index (χ0) is 14.8. The number of anilines is 1. The molecular weight excluding hydrogens is 282 g/mol. The van der Waals surface area contributed by atoms with Gasteiger partial charge in [-0.3, -0.25) is 0 Å². The van der Waals surface area contributed by atoms with Crippen molar-refractivity contribution in [2.24, 2.45) is 0 Å². The molecule has 0 atom stereocenters. The van der Waals surface area contributed by atoms with E-state index >= 15 is 0 Å². The van der Waals surface area contributed by atoms with Gasteiger partial charge in [-0.15, -0.1) is 0 Å². The van der Waals surface area contributed by atoms with E-state index in [1.807, 2.05) is 13.8 Å². The highest BCUT2D eigenvalue weighted by atomic mass is 35.5. The highest BCUT2D eigenvalue weighted by Crippen LogP contribution is 2.22. The van der Waals surface area contributed by atoms with Crippen molar-refractivity contribution in [3.05, 3.63) is 64.6 Å². The number of nitrogens with zero attached hydrogens (tertiary/aromatic N) is 2. The predicted molar refractivity (Wildman–Crippen MR) is 87.8 cm³/mol. The van der Waals surface area contributed by atoms with Gasteiger partial charge in [-0.05, 0) is 30.2 Å². The molecule has 3 rings (SSSR count). The van der Waals surface area contributed by atoms with Gasteiger partial charge >= 0.3 is 0 Å². The van der Waals surface area contributed by atoms with Crippen molar-refractivity contribution >= 4 is 28.2 Å². The molecule has 0 unspecified atom stereocenters. The lowest BCUT2D eigenvalue weighted by Gasteiger charge is -2.12. The SMILES string of the molecule is Cc1nc(Cl)c(C)c(NCc2cccc3ccccc23)n1. The van der Waals surface area contributed by atoms with Crippen LogP contribution in [0.2, 0.25) is 5.15 Å². The normalized spacial score (nSPS) is 10.8. The van der Waals surface area contributed by atoms with E-state index in [4.69, 9.17) is 11.6 Å². The third-order valence-electron chi connectivity index (χ3n) is 3.52. The number of hydrogen-bond acceptors (Lipinski definition) is 3. The van der Waals surface area contributed by atoms with Crippen LogP contribution in [0.1, 0.15) is 17.0 Å². The lowest BCUT2D eigenvalue weighted by Crippen LogP contribution is -2.06. The lowest BCUT2D eigenvalue weighted by molar-refractivity contribution is 1.01. The second-order valence-electron chi connectivity index (χ2n) is 5.03. The van der Waals surface area contributed by atoms with Crippen LogP contribution in [0.5, 0.6) is 0 Å². The molecule has 106 valence electrons. The minimum absolute atomic E-state index is 0.503. The molecule has 4 heteroatoms. The number of fused-ring (bicyclic) bond motifs is 1. The monoisotopic (exact) mass is 297 g/mol. The number of benzene rings is 2. The molecule has 0 bridgehead atoms. The Morgan fingerprint density at radius 3 is 2.62 bits per heavy atom. The Hall–Kier alpha value is -2.13. The summed E-state index contributed by atoms with van der Waals surface area (Å²) in [7, 11) is 0. The van der Waals surface area contributed by atoms with Crippen LogP contribution >= 0.6 is 11.6 Å². The molecule has 0 aliphatic rings. The van der Waals surface area contributed by atoms with Crippen molar-refractivity contribution < 1.29 is 0 Å². The van der Waals surface area contributed by atoms with E-state index in [1.54, 1.807) is 0 Å². The van der Waals surface area contributed by atoms with Gasteiger partial charge in [-0.1, -0.05) is 54.1 Å². The largest absolute Gasteiger partial charge is 0.366 e. The van der Waals surface area contributed by atoms with Crippen LogP contribution in [0.25, 0.3) is 10.8 Å². The fourth-order valence-electron chi connectivity index (χ4n) is 2.39. The standard InChI is InChI=1S/C17H16ClN3/c1-11-16(18)20-12(2)21-17(11)19-10-14-8-5-7-13-6-3-4-9-15(13)14/h3-9H,10H2,1-2H3,(H,19,20,21). The maximum Gasteiger partial charge on any atom is 0.137 e. The van der Waals surface area contributed by atoms with Gasteiger partial charge in [0.15, 0.2) is 0 Å². The highest BCUT2D eigenvalue weighted by molar-refractivity contribution is 6.30. The average molecular weight is 298 g/mol. The van der Waals surface area contributed by atoms with Crippen molar-refractivity contribution in [1.82, 2.24) is 9.97 Å². The van der Waals surface area contributed by atoms with Gasteiger partial charge in [-0.25, -0.2) is 9.97 Å². The maximum atomic E-state index is 6.10. The molecule has 3 aromatic rings. The van der Waals surface area contributed by atoms with Crippen LogP contribution in [-0.2, 0) is 6.54 Å². The van der Waals surface area contributed by atoms with E-state index in [0.717, 1.165) is 11.4 Å². The van der Waals surface area contributed by atoms with Crippen LogP contribution in [0.4, 0.5) is 5.82 Å². The third-order valence-corrected chi connectivity index (χ3v) is 3.89. The Morgan fingerprint density at radius 1 is 1.00 bits per heavy atom. The Balaban J connectivity index is 1.91.